The van der Waals surface area contributed by atoms with Crippen LogP contribution >= 0.6 is 34.9 Å². The predicted octanol–water partition coefficient (Wildman–Crippen LogP) is 0.797. The van der Waals surface area contributed by atoms with Crippen LogP contribution in [0.15, 0.2) is 57.3 Å². The number of rotatable bonds is 11. The quantitative estimate of drug-likeness (QED) is 0.0910. The van der Waals surface area contributed by atoms with Gasteiger partial charge in [0.1, 0.15) is 36.0 Å². The highest BCUT2D eigenvalue weighted by atomic mass is 32.2. The number of aromatic nitrogens is 5. The second-order valence-electron chi connectivity index (χ2n) is 8.50. The normalized spacial score (nSPS) is 18.4. The number of amides is 2. The Kier molecular flexibility index (Phi) is 8.52. The molecule has 4 heterocycles. The number of hydrogen-bond acceptors (Lipinski definition) is 13. The zero-order valence-corrected chi connectivity index (χ0v) is 23.5. The molecule has 2 aromatic heterocycles. The lowest BCUT2D eigenvalue weighted by Gasteiger charge is -2.49. The molecule has 2 aliphatic rings. The molecule has 3 aromatic rings. The molecule has 5 rings (SSSR count). The Hall–Kier alpha value is -4.40. The molecule has 17 heteroatoms. The van der Waals surface area contributed by atoms with Crippen molar-refractivity contribution >= 4 is 63.5 Å². The van der Waals surface area contributed by atoms with Crippen molar-refractivity contribution in [2.45, 2.75) is 29.7 Å². The number of β-lactam (4-membered cyclic amide) rings is 1. The second-order valence-corrected chi connectivity index (χ2v) is 11.4. The van der Waals surface area contributed by atoms with E-state index in [2.05, 4.69) is 36.9 Å². The Morgan fingerprint density at radius 3 is 2.85 bits per heavy atom. The lowest BCUT2D eigenvalue weighted by atomic mass is 10.0. The van der Waals surface area contributed by atoms with E-state index in [0.717, 1.165) is 16.9 Å². The van der Waals surface area contributed by atoms with Crippen LogP contribution in [0.1, 0.15) is 11.3 Å². The number of nitrogens with zero attached hydrogens (tertiary/aromatic N) is 7. The minimum Gasteiger partial charge on any atom is -0.477 e. The SMILES string of the molecule is C#CCn1nnnc1SCC1=C(C(=O)O)N2C(=O)C(NC(=O)C(=NOCc3ccccc3)c3csc(N)n3)[C@@H]2SC1. The second kappa shape index (κ2) is 12.4. The summed E-state index contributed by atoms with van der Waals surface area (Å²) in [6, 6.07) is 8.27. The van der Waals surface area contributed by atoms with Gasteiger partial charge in [-0.3, -0.25) is 14.5 Å². The zero-order valence-electron chi connectivity index (χ0n) is 21.0. The first-order valence-corrected chi connectivity index (χ1v) is 14.8. The van der Waals surface area contributed by atoms with Crippen LogP contribution in [0.5, 0.6) is 0 Å². The van der Waals surface area contributed by atoms with Gasteiger partial charge in [-0.25, -0.2) is 14.5 Å². The van der Waals surface area contributed by atoms with E-state index in [0.29, 0.717) is 16.5 Å². The van der Waals surface area contributed by atoms with Crippen molar-refractivity contribution < 1.29 is 24.3 Å². The fourth-order valence-electron chi connectivity index (χ4n) is 3.99. The van der Waals surface area contributed by atoms with Crippen molar-refractivity contribution in [3.8, 4) is 12.3 Å². The Morgan fingerprint density at radius 2 is 2.15 bits per heavy atom. The standard InChI is InChI=1S/C24H21N9O5S3/c1-2-8-32-24(28-30-31-32)41-11-14-10-39-21-17(20(35)33(21)18(14)22(36)37)27-19(34)16(15-12-40-23(25)26-15)29-38-9-13-6-4-3-5-7-13/h1,3-7,12,17,21H,8-11H2,(H2,25,26)(H,27,34)(H,36,37)/t17?,21-/m0/s1. The van der Waals surface area contributed by atoms with Crippen LogP contribution in [0.3, 0.4) is 0 Å². The zero-order chi connectivity index (χ0) is 28.9. The summed E-state index contributed by atoms with van der Waals surface area (Å²) in [5, 5.41) is 29.5. The van der Waals surface area contributed by atoms with Crippen molar-refractivity contribution in [2.75, 3.05) is 17.2 Å². The fourth-order valence-corrected chi connectivity index (χ4v) is 6.90. The number of aliphatic carboxylic acids is 1. The summed E-state index contributed by atoms with van der Waals surface area (Å²) in [5.41, 5.74) is 7.02. The molecule has 0 aliphatic carbocycles. The number of benzene rings is 1. The number of thioether (sulfide) groups is 2. The number of carboxylic acid groups (broad SMARTS) is 1. The molecular weight excluding hydrogens is 591 g/mol. The van der Waals surface area contributed by atoms with E-state index in [9.17, 15) is 19.5 Å². The number of carboxylic acids is 1. The maximum atomic E-state index is 13.3. The number of fused-ring (bicyclic) bond motifs is 1. The van der Waals surface area contributed by atoms with Gasteiger partial charge in [0.25, 0.3) is 11.8 Å². The Bertz CT molecular complexity index is 1580. The molecule has 1 unspecified atom stereocenters. The van der Waals surface area contributed by atoms with Gasteiger partial charge in [0, 0.05) is 16.9 Å². The Labute approximate surface area is 245 Å². The maximum absolute atomic E-state index is 13.3. The van der Waals surface area contributed by atoms with Gasteiger partial charge in [-0.05, 0) is 21.6 Å². The number of thiazole rings is 1. The molecule has 2 atom stereocenters. The molecule has 1 fully saturated rings. The summed E-state index contributed by atoms with van der Waals surface area (Å²) in [6.07, 6.45) is 5.33. The number of anilines is 1. The summed E-state index contributed by atoms with van der Waals surface area (Å²) in [7, 11) is 0. The van der Waals surface area contributed by atoms with Crippen molar-refractivity contribution in [1.29, 1.82) is 0 Å². The third-order valence-corrected chi connectivity index (χ3v) is 8.92. The minimum absolute atomic E-state index is 0.106. The van der Waals surface area contributed by atoms with Gasteiger partial charge in [-0.15, -0.1) is 34.6 Å². The van der Waals surface area contributed by atoms with Crippen LogP contribution in [0, 0.1) is 12.3 Å². The van der Waals surface area contributed by atoms with Crippen molar-refractivity contribution in [3.63, 3.8) is 0 Å². The molecule has 14 nitrogen and oxygen atoms in total. The van der Waals surface area contributed by atoms with Crippen LogP contribution in [0.4, 0.5) is 5.13 Å². The molecular formula is C24H21N9O5S3. The van der Waals surface area contributed by atoms with Crippen LogP contribution in [-0.2, 0) is 32.4 Å². The van der Waals surface area contributed by atoms with E-state index < -0.39 is 29.2 Å². The number of nitrogens with two attached hydrogens (primary N) is 1. The lowest BCUT2D eigenvalue weighted by Crippen LogP contribution is -2.71. The largest absolute Gasteiger partial charge is 0.477 e. The van der Waals surface area contributed by atoms with E-state index in [-0.39, 0.29) is 41.1 Å². The number of terminal acetylenes is 1. The highest BCUT2D eigenvalue weighted by molar-refractivity contribution is 8.01. The molecule has 2 aliphatic heterocycles. The number of oxime groups is 1. The first-order valence-electron chi connectivity index (χ1n) is 11.9. The molecule has 0 bridgehead atoms. The molecule has 210 valence electrons. The summed E-state index contributed by atoms with van der Waals surface area (Å²) < 4.78 is 1.42. The van der Waals surface area contributed by atoms with Gasteiger partial charge in [0.2, 0.25) is 5.16 Å². The van der Waals surface area contributed by atoms with Crippen molar-refractivity contribution in [2.24, 2.45) is 5.16 Å². The predicted molar refractivity (Wildman–Crippen MR) is 151 cm³/mol. The third-order valence-electron chi connectivity index (χ3n) is 5.86. The van der Waals surface area contributed by atoms with Gasteiger partial charge in [-0.1, -0.05) is 53.2 Å². The van der Waals surface area contributed by atoms with Crippen LogP contribution in [0.2, 0.25) is 0 Å². The van der Waals surface area contributed by atoms with E-state index >= 15 is 0 Å². The topological polar surface area (TPSA) is 191 Å². The maximum Gasteiger partial charge on any atom is 0.352 e. The van der Waals surface area contributed by atoms with Crippen LogP contribution in [0.25, 0.3) is 0 Å². The molecule has 41 heavy (non-hydrogen) atoms. The monoisotopic (exact) mass is 611 g/mol. The average molecular weight is 612 g/mol. The lowest BCUT2D eigenvalue weighted by molar-refractivity contribution is -0.150. The number of tetrazole rings is 1. The number of nitrogen functional groups attached to an aromatic ring is 1. The third kappa shape index (κ3) is 6.04. The number of carbonyl (C=O) groups is 3. The highest BCUT2D eigenvalue weighted by Gasteiger charge is 2.54. The van der Waals surface area contributed by atoms with Crippen LogP contribution in [-0.4, -0.2) is 81.6 Å². The summed E-state index contributed by atoms with van der Waals surface area (Å²) >= 11 is 3.67. The fraction of sp³-hybridized carbons (Fsp3) is 0.250. The van der Waals surface area contributed by atoms with Gasteiger partial charge in [0.15, 0.2) is 10.8 Å². The molecule has 0 spiro atoms. The number of carbonyl (C=O) groups excluding carboxylic acids is 2. The molecule has 0 saturated carbocycles. The van der Waals surface area contributed by atoms with Crippen LogP contribution < -0.4 is 11.1 Å². The first-order chi connectivity index (χ1) is 19.9. The molecule has 4 N–H and O–H groups in total. The van der Waals surface area contributed by atoms with Gasteiger partial charge < -0.3 is 21.0 Å². The van der Waals surface area contributed by atoms with Gasteiger partial charge in [-0.2, -0.15) is 0 Å². The molecule has 0 radical (unpaired) electrons. The van der Waals surface area contributed by atoms with Gasteiger partial charge >= 0.3 is 5.97 Å². The van der Waals surface area contributed by atoms with E-state index in [4.69, 9.17) is 17.0 Å². The molecule has 1 saturated heterocycles. The smallest absolute Gasteiger partial charge is 0.352 e. The summed E-state index contributed by atoms with van der Waals surface area (Å²) in [5.74, 6) is 0.478. The van der Waals surface area contributed by atoms with Crippen molar-refractivity contribution in [1.82, 2.24) is 35.4 Å². The van der Waals surface area contributed by atoms with E-state index in [1.807, 2.05) is 30.3 Å². The summed E-state index contributed by atoms with van der Waals surface area (Å²) in [6.45, 7) is 0.271. The summed E-state index contributed by atoms with van der Waals surface area (Å²) in [4.78, 5) is 49.4. The molecule has 2 amide bonds. The molecule has 1 aromatic carbocycles. The Morgan fingerprint density at radius 1 is 1.34 bits per heavy atom. The first kappa shape index (κ1) is 28.1. The van der Waals surface area contributed by atoms with E-state index in [1.54, 1.807) is 5.38 Å². The number of hydrogen-bond donors (Lipinski definition) is 3. The number of nitrogens with one attached hydrogen (secondary N) is 1. The van der Waals surface area contributed by atoms with Gasteiger partial charge in [0.05, 0.1) is 0 Å². The minimum atomic E-state index is -1.25. The Balaban J connectivity index is 1.29. The highest BCUT2D eigenvalue weighted by Crippen LogP contribution is 2.41. The average Bonchev–Trinajstić information content (AvgIpc) is 3.61. The van der Waals surface area contributed by atoms with E-state index in [1.165, 1.54) is 33.1 Å². The van der Waals surface area contributed by atoms with Crippen molar-refractivity contribution in [3.05, 3.63) is 58.2 Å².